The Labute approximate surface area is 186 Å². The minimum atomic E-state index is -1.41. The molecule has 2 aromatic rings. The number of aliphatic hydroxyl groups is 1. The van der Waals surface area contributed by atoms with Gasteiger partial charge in [-0.05, 0) is 36.1 Å². The van der Waals surface area contributed by atoms with E-state index in [2.05, 4.69) is 5.32 Å². The first-order chi connectivity index (χ1) is 15.1. The zero-order valence-corrected chi connectivity index (χ0v) is 18.4. The van der Waals surface area contributed by atoms with Crippen molar-refractivity contribution in [2.75, 3.05) is 20.2 Å². The van der Waals surface area contributed by atoms with Crippen LogP contribution in [-0.2, 0) is 14.3 Å². The van der Waals surface area contributed by atoms with Gasteiger partial charge in [0.2, 0.25) is 5.91 Å². The summed E-state index contributed by atoms with van der Waals surface area (Å²) < 4.78 is 5.39. The van der Waals surface area contributed by atoms with Crippen molar-refractivity contribution in [3.63, 3.8) is 0 Å². The van der Waals surface area contributed by atoms with Crippen molar-refractivity contribution in [1.82, 2.24) is 10.2 Å². The average molecular weight is 440 g/mol. The van der Waals surface area contributed by atoms with Crippen molar-refractivity contribution >= 4 is 18.0 Å². The molecule has 0 radical (unpaired) electrons. The molecule has 2 aromatic carbocycles. The lowest BCUT2D eigenvalue weighted by Gasteiger charge is -2.32. The SMILES string of the molecule is CN(C(=O)CC(O)CNC(=O)OCC1c2ccccc2-c2ccccc21)C(C)(C)C(=O)O. The molecule has 8 nitrogen and oxygen atoms in total. The maximum atomic E-state index is 12.2. The van der Waals surface area contributed by atoms with Crippen LogP contribution in [0.25, 0.3) is 11.1 Å². The van der Waals surface area contributed by atoms with Gasteiger partial charge >= 0.3 is 12.1 Å². The number of carboxylic acid groups (broad SMARTS) is 1. The number of hydrogen-bond donors (Lipinski definition) is 3. The number of carbonyl (C=O) groups excluding carboxylic acids is 2. The number of carboxylic acids is 1. The number of aliphatic carboxylic acids is 1. The summed E-state index contributed by atoms with van der Waals surface area (Å²) in [5, 5.41) is 21.8. The van der Waals surface area contributed by atoms with Crippen molar-refractivity contribution < 1.29 is 29.3 Å². The zero-order valence-electron chi connectivity index (χ0n) is 18.4. The van der Waals surface area contributed by atoms with Crippen LogP contribution < -0.4 is 5.32 Å². The lowest BCUT2D eigenvalue weighted by atomic mass is 9.98. The molecule has 0 saturated heterocycles. The standard InChI is InChI=1S/C24H28N2O6/c1-24(2,22(29)30)26(3)21(28)12-15(27)13-25-23(31)32-14-20-18-10-6-4-8-16(18)17-9-5-7-11-19(17)20/h4-11,15,20,27H,12-14H2,1-3H3,(H,25,31)(H,29,30). The predicted molar refractivity (Wildman–Crippen MR) is 118 cm³/mol. The second-order valence-corrected chi connectivity index (χ2v) is 8.38. The number of rotatable bonds is 8. The number of hydrogen-bond acceptors (Lipinski definition) is 5. The highest BCUT2D eigenvalue weighted by atomic mass is 16.5. The summed E-state index contributed by atoms with van der Waals surface area (Å²) in [6.45, 7) is 2.75. The average Bonchev–Trinajstić information content (AvgIpc) is 3.09. The summed E-state index contributed by atoms with van der Waals surface area (Å²) in [5.74, 6) is -1.77. The largest absolute Gasteiger partial charge is 0.480 e. The highest BCUT2D eigenvalue weighted by molar-refractivity contribution is 5.86. The Balaban J connectivity index is 1.51. The lowest BCUT2D eigenvalue weighted by molar-refractivity contribution is -0.156. The number of nitrogens with one attached hydrogen (secondary N) is 1. The van der Waals surface area contributed by atoms with E-state index in [0.717, 1.165) is 27.2 Å². The summed E-state index contributed by atoms with van der Waals surface area (Å²) in [5.41, 5.74) is 3.03. The molecule has 1 atom stereocenters. The lowest BCUT2D eigenvalue weighted by Crippen LogP contribution is -2.51. The number of fused-ring (bicyclic) bond motifs is 3. The number of benzene rings is 2. The molecule has 0 aliphatic heterocycles. The molecule has 0 fully saturated rings. The van der Waals surface area contributed by atoms with E-state index in [1.807, 2.05) is 48.5 Å². The van der Waals surface area contributed by atoms with Crippen LogP contribution in [0.4, 0.5) is 4.79 Å². The molecule has 0 bridgehead atoms. The van der Waals surface area contributed by atoms with Crippen LogP contribution >= 0.6 is 0 Å². The number of nitrogens with zero attached hydrogens (tertiary/aromatic N) is 1. The number of amides is 2. The number of alkyl carbamates (subject to hydrolysis) is 1. The van der Waals surface area contributed by atoms with Crippen LogP contribution in [0.3, 0.4) is 0 Å². The normalized spacial score (nSPS) is 13.6. The maximum absolute atomic E-state index is 12.2. The summed E-state index contributed by atoms with van der Waals surface area (Å²) in [6, 6.07) is 16.0. The highest BCUT2D eigenvalue weighted by Gasteiger charge is 2.35. The zero-order chi connectivity index (χ0) is 23.5. The third-order valence-corrected chi connectivity index (χ3v) is 5.97. The van der Waals surface area contributed by atoms with Crippen LogP contribution in [0.1, 0.15) is 37.3 Å². The van der Waals surface area contributed by atoms with Crippen LogP contribution in [0.15, 0.2) is 48.5 Å². The first-order valence-corrected chi connectivity index (χ1v) is 10.4. The van der Waals surface area contributed by atoms with Crippen molar-refractivity contribution in [3.05, 3.63) is 59.7 Å². The highest BCUT2D eigenvalue weighted by Crippen LogP contribution is 2.44. The van der Waals surface area contributed by atoms with Crippen LogP contribution in [0.5, 0.6) is 0 Å². The van der Waals surface area contributed by atoms with Gasteiger partial charge in [0.05, 0.1) is 12.5 Å². The third-order valence-electron chi connectivity index (χ3n) is 5.97. The van der Waals surface area contributed by atoms with Crippen LogP contribution in [-0.4, -0.2) is 64.9 Å². The minimum Gasteiger partial charge on any atom is -0.480 e. The van der Waals surface area contributed by atoms with E-state index < -0.39 is 29.6 Å². The second-order valence-electron chi connectivity index (χ2n) is 8.38. The Hall–Kier alpha value is -3.39. The van der Waals surface area contributed by atoms with Crippen LogP contribution in [0.2, 0.25) is 0 Å². The Morgan fingerprint density at radius 2 is 1.59 bits per heavy atom. The molecule has 1 aliphatic carbocycles. The van der Waals surface area contributed by atoms with Crippen molar-refractivity contribution in [2.24, 2.45) is 0 Å². The van der Waals surface area contributed by atoms with Gasteiger partial charge in [0.25, 0.3) is 0 Å². The van der Waals surface area contributed by atoms with E-state index in [1.54, 1.807) is 0 Å². The van der Waals surface area contributed by atoms with Gasteiger partial charge in [0.1, 0.15) is 12.1 Å². The van der Waals surface area contributed by atoms with Gasteiger partial charge in [-0.2, -0.15) is 0 Å². The number of aliphatic hydroxyl groups excluding tert-OH is 1. The number of ether oxygens (including phenoxy) is 1. The maximum Gasteiger partial charge on any atom is 0.407 e. The molecular weight excluding hydrogens is 412 g/mol. The van der Waals surface area contributed by atoms with E-state index in [9.17, 15) is 24.6 Å². The van der Waals surface area contributed by atoms with E-state index in [0.29, 0.717) is 0 Å². The monoisotopic (exact) mass is 440 g/mol. The van der Waals surface area contributed by atoms with Crippen molar-refractivity contribution in [1.29, 1.82) is 0 Å². The summed E-state index contributed by atoms with van der Waals surface area (Å²) in [4.78, 5) is 36.8. The molecule has 8 heteroatoms. The molecule has 2 amide bonds. The van der Waals surface area contributed by atoms with E-state index in [1.165, 1.54) is 20.9 Å². The Morgan fingerprint density at radius 3 is 2.12 bits per heavy atom. The Morgan fingerprint density at radius 1 is 1.06 bits per heavy atom. The van der Waals surface area contributed by atoms with Gasteiger partial charge < -0.3 is 25.2 Å². The van der Waals surface area contributed by atoms with Gasteiger partial charge in [-0.3, -0.25) is 4.79 Å². The van der Waals surface area contributed by atoms with Gasteiger partial charge in [0, 0.05) is 19.5 Å². The fourth-order valence-electron chi connectivity index (χ4n) is 3.72. The fraction of sp³-hybridized carbons (Fsp3) is 0.375. The molecule has 1 aliphatic rings. The van der Waals surface area contributed by atoms with Crippen LogP contribution in [0, 0.1) is 0 Å². The van der Waals surface area contributed by atoms with E-state index in [-0.39, 0.29) is 25.5 Å². The Bertz CT molecular complexity index is 974. The van der Waals surface area contributed by atoms with E-state index in [4.69, 9.17) is 4.74 Å². The number of carbonyl (C=O) groups is 3. The third kappa shape index (κ3) is 4.75. The quantitative estimate of drug-likeness (QED) is 0.581. The molecule has 3 N–H and O–H groups in total. The van der Waals surface area contributed by atoms with Crippen molar-refractivity contribution in [2.45, 2.75) is 37.8 Å². The minimum absolute atomic E-state index is 0.0773. The molecular formula is C24H28N2O6. The molecule has 0 heterocycles. The molecule has 0 spiro atoms. The summed E-state index contributed by atoms with van der Waals surface area (Å²) in [6.07, 6.45) is -2.19. The van der Waals surface area contributed by atoms with Gasteiger partial charge in [-0.1, -0.05) is 48.5 Å². The summed E-state index contributed by atoms with van der Waals surface area (Å²) in [7, 11) is 1.36. The second kappa shape index (κ2) is 9.40. The first kappa shape index (κ1) is 23.3. The first-order valence-electron chi connectivity index (χ1n) is 10.4. The Kier molecular flexibility index (Phi) is 6.84. The van der Waals surface area contributed by atoms with Gasteiger partial charge in [-0.25, -0.2) is 9.59 Å². The fourth-order valence-corrected chi connectivity index (χ4v) is 3.72. The molecule has 3 rings (SSSR count). The van der Waals surface area contributed by atoms with E-state index >= 15 is 0 Å². The smallest absolute Gasteiger partial charge is 0.407 e. The molecule has 32 heavy (non-hydrogen) atoms. The van der Waals surface area contributed by atoms with Gasteiger partial charge in [0.15, 0.2) is 0 Å². The predicted octanol–water partition coefficient (Wildman–Crippen LogP) is 2.60. The number of likely N-dealkylation sites (N-methyl/N-ethyl adjacent to an activating group) is 1. The topological polar surface area (TPSA) is 116 Å². The molecule has 1 unspecified atom stereocenters. The van der Waals surface area contributed by atoms with Gasteiger partial charge in [-0.15, -0.1) is 0 Å². The molecule has 0 aromatic heterocycles. The van der Waals surface area contributed by atoms with Crippen molar-refractivity contribution in [3.8, 4) is 11.1 Å². The molecule has 0 saturated carbocycles. The molecule has 170 valence electrons. The summed E-state index contributed by atoms with van der Waals surface area (Å²) >= 11 is 0.